The van der Waals surface area contributed by atoms with E-state index in [1.165, 1.54) is 21.7 Å². The van der Waals surface area contributed by atoms with Gasteiger partial charge in [0.25, 0.3) is 0 Å². The Labute approximate surface area is 186 Å². The standard InChI is InChI=1S/C29H22N2O/c1-19-15-17-20(18-16-19)31-28-24-12-6-4-10-22(24)21-9-3-5-11-23(21)27(28)30-29(31)25-13-7-8-14-26(25)32-2/h3-18H,1-2H3. The second-order valence-corrected chi connectivity index (χ2v) is 8.10. The van der Waals surface area contributed by atoms with Crippen molar-refractivity contribution in [2.45, 2.75) is 6.92 Å². The number of imidazole rings is 1. The molecule has 0 radical (unpaired) electrons. The van der Waals surface area contributed by atoms with E-state index >= 15 is 0 Å². The zero-order valence-corrected chi connectivity index (χ0v) is 18.0. The van der Waals surface area contributed by atoms with Crippen LogP contribution in [-0.4, -0.2) is 16.7 Å². The number of aryl methyl sites for hydroxylation is 1. The predicted molar refractivity (Wildman–Crippen MR) is 133 cm³/mol. The van der Waals surface area contributed by atoms with Gasteiger partial charge in [0.15, 0.2) is 0 Å². The number of fused-ring (bicyclic) bond motifs is 6. The Morgan fingerprint density at radius 3 is 1.97 bits per heavy atom. The van der Waals surface area contributed by atoms with E-state index in [-0.39, 0.29) is 0 Å². The number of benzene rings is 5. The average Bonchev–Trinajstić information content (AvgIpc) is 3.25. The molecular formula is C29H22N2O. The summed E-state index contributed by atoms with van der Waals surface area (Å²) in [5, 5.41) is 4.80. The van der Waals surface area contributed by atoms with Gasteiger partial charge in [-0.2, -0.15) is 0 Å². The lowest BCUT2D eigenvalue weighted by Crippen LogP contribution is -1.99. The van der Waals surface area contributed by atoms with Gasteiger partial charge in [0.2, 0.25) is 0 Å². The molecular weight excluding hydrogens is 392 g/mol. The monoisotopic (exact) mass is 414 g/mol. The van der Waals surface area contributed by atoms with Crippen molar-refractivity contribution in [3.8, 4) is 22.8 Å². The van der Waals surface area contributed by atoms with E-state index in [0.29, 0.717) is 0 Å². The van der Waals surface area contributed by atoms with Gasteiger partial charge < -0.3 is 4.74 Å². The van der Waals surface area contributed by atoms with E-state index in [2.05, 4.69) is 90.4 Å². The minimum atomic E-state index is 0.810. The van der Waals surface area contributed by atoms with Crippen molar-refractivity contribution in [1.82, 2.24) is 9.55 Å². The lowest BCUT2D eigenvalue weighted by molar-refractivity contribution is 0.416. The molecule has 0 bridgehead atoms. The zero-order valence-electron chi connectivity index (χ0n) is 18.0. The first-order valence-corrected chi connectivity index (χ1v) is 10.8. The number of methoxy groups -OCH3 is 1. The van der Waals surface area contributed by atoms with E-state index in [1.807, 2.05) is 18.2 Å². The van der Waals surface area contributed by atoms with Crippen LogP contribution in [0.25, 0.3) is 49.7 Å². The predicted octanol–water partition coefficient (Wildman–Crippen LogP) is 7.32. The number of rotatable bonds is 3. The van der Waals surface area contributed by atoms with Crippen LogP contribution in [0.2, 0.25) is 0 Å². The third kappa shape index (κ3) is 2.71. The molecule has 154 valence electrons. The van der Waals surface area contributed by atoms with Crippen LogP contribution in [0.3, 0.4) is 0 Å². The summed E-state index contributed by atoms with van der Waals surface area (Å²) < 4.78 is 8.01. The summed E-state index contributed by atoms with van der Waals surface area (Å²) in [6.07, 6.45) is 0. The van der Waals surface area contributed by atoms with Gasteiger partial charge in [-0.25, -0.2) is 4.98 Å². The first kappa shape index (κ1) is 18.6. The molecule has 0 aliphatic heterocycles. The molecule has 0 aliphatic carbocycles. The van der Waals surface area contributed by atoms with Crippen LogP contribution in [0.1, 0.15) is 5.56 Å². The molecule has 6 rings (SSSR count). The van der Waals surface area contributed by atoms with E-state index in [0.717, 1.165) is 39.2 Å². The van der Waals surface area contributed by atoms with Crippen LogP contribution >= 0.6 is 0 Å². The first-order valence-electron chi connectivity index (χ1n) is 10.8. The molecule has 32 heavy (non-hydrogen) atoms. The molecule has 6 aromatic rings. The van der Waals surface area contributed by atoms with Crippen LogP contribution in [0, 0.1) is 6.92 Å². The van der Waals surface area contributed by atoms with Crippen LogP contribution < -0.4 is 4.74 Å². The Kier molecular flexibility index (Phi) is 4.22. The van der Waals surface area contributed by atoms with Gasteiger partial charge in [-0.1, -0.05) is 78.4 Å². The van der Waals surface area contributed by atoms with Gasteiger partial charge in [0.1, 0.15) is 11.6 Å². The Morgan fingerprint density at radius 2 is 1.25 bits per heavy atom. The average molecular weight is 415 g/mol. The fourth-order valence-corrected chi connectivity index (χ4v) is 4.66. The number of nitrogens with zero attached hydrogens (tertiary/aromatic N) is 2. The van der Waals surface area contributed by atoms with Crippen molar-refractivity contribution >= 4 is 32.6 Å². The van der Waals surface area contributed by atoms with Gasteiger partial charge in [0.05, 0.1) is 23.7 Å². The van der Waals surface area contributed by atoms with Gasteiger partial charge in [-0.05, 0) is 42.0 Å². The SMILES string of the molecule is COc1ccccc1-c1nc2c3ccccc3c3ccccc3c2n1-c1ccc(C)cc1. The van der Waals surface area contributed by atoms with Gasteiger partial charge in [-0.15, -0.1) is 0 Å². The summed E-state index contributed by atoms with van der Waals surface area (Å²) in [5.41, 5.74) is 5.40. The second kappa shape index (κ2) is 7.24. The molecule has 0 spiro atoms. The summed E-state index contributed by atoms with van der Waals surface area (Å²) in [4.78, 5) is 5.25. The van der Waals surface area contributed by atoms with Crippen molar-refractivity contribution in [2.24, 2.45) is 0 Å². The first-order chi connectivity index (χ1) is 15.8. The van der Waals surface area contributed by atoms with E-state index < -0.39 is 0 Å². The van der Waals surface area contributed by atoms with Crippen LogP contribution in [0.5, 0.6) is 5.75 Å². The second-order valence-electron chi connectivity index (χ2n) is 8.10. The molecule has 0 atom stereocenters. The summed E-state index contributed by atoms with van der Waals surface area (Å²) in [6.45, 7) is 2.11. The smallest absolute Gasteiger partial charge is 0.149 e. The number of aromatic nitrogens is 2. The van der Waals surface area contributed by atoms with Crippen molar-refractivity contribution in [3.63, 3.8) is 0 Å². The molecule has 0 N–H and O–H groups in total. The van der Waals surface area contributed by atoms with Crippen molar-refractivity contribution < 1.29 is 4.74 Å². The Hall–Kier alpha value is -4.11. The van der Waals surface area contributed by atoms with Gasteiger partial charge in [0, 0.05) is 16.5 Å². The van der Waals surface area contributed by atoms with Crippen LogP contribution in [0.4, 0.5) is 0 Å². The summed E-state index contributed by atoms with van der Waals surface area (Å²) >= 11 is 0. The van der Waals surface area contributed by atoms with Crippen LogP contribution in [-0.2, 0) is 0 Å². The van der Waals surface area contributed by atoms with E-state index in [4.69, 9.17) is 9.72 Å². The summed E-state index contributed by atoms with van der Waals surface area (Å²) in [7, 11) is 1.71. The molecule has 0 aliphatic rings. The molecule has 0 fully saturated rings. The highest BCUT2D eigenvalue weighted by atomic mass is 16.5. The molecule has 0 unspecified atom stereocenters. The van der Waals surface area contributed by atoms with Gasteiger partial charge in [-0.3, -0.25) is 4.57 Å². The third-order valence-corrected chi connectivity index (χ3v) is 6.17. The minimum absolute atomic E-state index is 0.810. The number of hydrogen-bond donors (Lipinski definition) is 0. The van der Waals surface area contributed by atoms with Crippen LogP contribution in [0.15, 0.2) is 97.1 Å². The minimum Gasteiger partial charge on any atom is -0.496 e. The molecule has 1 heterocycles. The Bertz CT molecular complexity index is 1610. The number of ether oxygens (including phenoxy) is 1. The maximum absolute atomic E-state index is 5.73. The lowest BCUT2D eigenvalue weighted by Gasteiger charge is -2.14. The largest absolute Gasteiger partial charge is 0.496 e. The maximum Gasteiger partial charge on any atom is 0.149 e. The molecule has 0 saturated carbocycles. The fourth-order valence-electron chi connectivity index (χ4n) is 4.66. The highest BCUT2D eigenvalue weighted by Gasteiger charge is 2.21. The Balaban J connectivity index is 1.87. The maximum atomic E-state index is 5.73. The number of para-hydroxylation sites is 1. The molecule has 0 saturated heterocycles. The summed E-state index contributed by atoms with van der Waals surface area (Å²) in [5.74, 6) is 1.69. The van der Waals surface area contributed by atoms with E-state index in [1.54, 1.807) is 7.11 Å². The summed E-state index contributed by atoms with van der Waals surface area (Å²) in [6, 6.07) is 33.9. The van der Waals surface area contributed by atoms with E-state index in [9.17, 15) is 0 Å². The zero-order chi connectivity index (χ0) is 21.7. The molecule has 3 nitrogen and oxygen atoms in total. The molecule has 1 aromatic heterocycles. The van der Waals surface area contributed by atoms with Crippen molar-refractivity contribution in [3.05, 3.63) is 103 Å². The topological polar surface area (TPSA) is 27.1 Å². The highest BCUT2D eigenvalue weighted by Crippen LogP contribution is 2.40. The third-order valence-electron chi connectivity index (χ3n) is 6.17. The normalized spacial score (nSPS) is 11.4. The van der Waals surface area contributed by atoms with Crippen molar-refractivity contribution in [1.29, 1.82) is 0 Å². The Morgan fingerprint density at radius 1 is 0.656 bits per heavy atom. The molecule has 5 aromatic carbocycles. The highest BCUT2D eigenvalue weighted by molar-refractivity contribution is 6.24. The fraction of sp³-hybridized carbons (Fsp3) is 0.0690. The number of hydrogen-bond acceptors (Lipinski definition) is 2. The molecule has 3 heteroatoms. The molecule has 0 amide bonds. The lowest BCUT2D eigenvalue weighted by atomic mass is 10.00. The van der Waals surface area contributed by atoms with Gasteiger partial charge >= 0.3 is 0 Å². The van der Waals surface area contributed by atoms with Crippen molar-refractivity contribution in [2.75, 3.05) is 7.11 Å². The quantitative estimate of drug-likeness (QED) is 0.284.